The van der Waals surface area contributed by atoms with Crippen molar-refractivity contribution in [1.82, 2.24) is 5.06 Å². The number of rotatable bonds is 1. The molecule has 2 rings (SSSR count). The highest BCUT2D eigenvalue weighted by Crippen LogP contribution is 2.23. The van der Waals surface area contributed by atoms with Crippen LogP contribution in [0.15, 0.2) is 18.2 Å². The van der Waals surface area contributed by atoms with Crippen LogP contribution in [0.1, 0.15) is 26.3 Å². The first-order valence-corrected chi connectivity index (χ1v) is 4.18. The van der Waals surface area contributed by atoms with E-state index in [1.165, 1.54) is 7.11 Å². The third-order valence-corrected chi connectivity index (χ3v) is 2.19. The van der Waals surface area contributed by atoms with Gasteiger partial charge in [-0.25, -0.2) is 0 Å². The van der Waals surface area contributed by atoms with E-state index < -0.39 is 11.8 Å². The number of hydroxylamine groups is 2. The van der Waals surface area contributed by atoms with Gasteiger partial charge < -0.3 is 0 Å². The molecule has 0 radical (unpaired) electrons. The van der Waals surface area contributed by atoms with Crippen molar-refractivity contribution in [2.24, 2.45) is 0 Å². The lowest BCUT2D eigenvalue weighted by atomic mass is 10.1. The van der Waals surface area contributed by atoms with Gasteiger partial charge >= 0.3 is 0 Å². The summed E-state index contributed by atoms with van der Waals surface area (Å²) >= 11 is 0. The maximum Gasteiger partial charge on any atom is 0.285 e. The Balaban J connectivity index is 2.58. The van der Waals surface area contributed by atoms with E-state index in [2.05, 4.69) is 0 Å². The van der Waals surface area contributed by atoms with Crippen molar-refractivity contribution in [2.75, 3.05) is 7.11 Å². The Morgan fingerprint density at radius 1 is 1.14 bits per heavy atom. The van der Waals surface area contributed by atoms with Crippen LogP contribution in [-0.2, 0) is 4.84 Å². The number of nitrogens with zero attached hydrogens (tertiary/aromatic N) is 1. The van der Waals surface area contributed by atoms with Crippen molar-refractivity contribution < 1.29 is 14.4 Å². The molecule has 0 saturated heterocycles. The molecular weight excluding hydrogens is 182 g/mol. The Hall–Kier alpha value is -1.68. The Morgan fingerprint density at radius 2 is 1.79 bits per heavy atom. The zero-order chi connectivity index (χ0) is 10.3. The van der Waals surface area contributed by atoms with Gasteiger partial charge in [0.25, 0.3) is 11.8 Å². The van der Waals surface area contributed by atoms with Gasteiger partial charge in [0.2, 0.25) is 0 Å². The van der Waals surface area contributed by atoms with Crippen LogP contribution in [0, 0.1) is 6.92 Å². The number of imide groups is 1. The summed E-state index contributed by atoms with van der Waals surface area (Å²) in [4.78, 5) is 27.8. The normalized spacial score (nSPS) is 14.9. The summed E-state index contributed by atoms with van der Waals surface area (Å²) in [5.74, 6) is -0.788. The van der Waals surface area contributed by atoms with Crippen LogP contribution >= 0.6 is 0 Å². The first-order valence-electron chi connectivity index (χ1n) is 4.18. The molecule has 1 aromatic carbocycles. The molecule has 0 bridgehead atoms. The Bertz CT molecular complexity index is 425. The fourth-order valence-electron chi connectivity index (χ4n) is 1.50. The molecule has 0 atom stereocenters. The number of hydrogen-bond acceptors (Lipinski definition) is 3. The number of fused-ring (bicyclic) bond motifs is 1. The molecule has 1 aromatic rings. The van der Waals surface area contributed by atoms with Crippen molar-refractivity contribution in [3.8, 4) is 0 Å². The predicted molar refractivity (Wildman–Crippen MR) is 48.7 cm³/mol. The fourth-order valence-corrected chi connectivity index (χ4v) is 1.50. The van der Waals surface area contributed by atoms with Crippen molar-refractivity contribution in [3.05, 3.63) is 34.9 Å². The van der Waals surface area contributed by atoms with Gasteiger partial charge in [0, 0.05) is 0 Å². The van der Waals surface area contributed by atoms with E-state index in [1.807, 2.05) is 6.92 Å². The smallest absolute Gasteiger partial charge is 0.266 e. The minimum Gasteiger partial charge on any atom is -0.266 e. The van der Waals surface area contributed by atoms with E-state index in [0.717, 1.165) is 10.6 Å². The average Bonchev–Trinajstić information content (AvgIpc) is 2.39. The lowest BCUT2D eigenvalue weighted by molar-refractivity contribution is -0.0645. The lowest BCUT2D eigenvalue weighted by Gasteiger charge is -2.07. The molecular formula is C10H9NO3. The summed E-state index contributed by atoms with van der Waals surface area (Å²) in [5.41, 5.74) is 1.77. The molecule has 0 aliphatic carbocycles. The molecule has 1 heterocycles. The third kappa shape index (κ3) is 1.04. The highest BCUT2D eigenvalue weighted by atomic mass is 16.7. The van der Waals surface area contributed by atoms with Crippen molar-refractivity contribution in [2.45, 2.75) is 6.92 Å². The van der Waals surface area contributed by atoms with E-state index in [0.29, 0.717) is 11.1 Å². The zero-order valence-corrected chi connectivity index (χ0v) is 7.90. The van der Waals surface area contributed by atoms with E-state index in [-0.39, 0.29) is 0 Å². The summed E-state index contributed by atoms with van der Waals surface area (Å²) in [6.07, 6.45) is 0. The molecule has 0 saturated carbocycles. The third-order valence-electron chi connectivity index (χ3n) is 2.19. The number of hydrogen-bond donors (Lipinski definition) is 0. The highest BCUT2D eigenvalue weighted by molar-refractivity contribution is 6.20. The van der Waals surface area contributed by atoms with Crippen LogP contribution in [0.2, 0.25) is 0 Å². The van der Waals surface area contributed by atoms with Gasteiger partial charge in [-0.3, -0.25) is 14.4 Å². The number of carbonyl (C=O) groups is 2. The van der Waals surface area contributed by atoms with Crippen molar-refractivity contribution in [1.29, 1.82) is 0 Å². The topological polar surface area (TPSA) is 46.6 Å². The second kappa shape index (κ2) is 2.92. The summed E-state index contributed by atoms with van der Waals surface area (Å²) in [6.45, 7) is 1.87. The molecule has 2 amide bonds. The van der Waals surface area contributed by atoms with Gasteiger partial charge in [0.05, 0.1) is 18.2 Å². The first kappa shape index (κ1) is 8.90. The molecule has 0 unspecified atom stereocenters. The van der Waals surface area contributed by atoms with E-state index in [1.54, 1.807) is 18.2 Å². The van der Waals surface area contributed by atoms with Gasteiger partial charge in [-0.1, -0.05) is 11.6 Å². The molecule has 0 fully saturated rings. The molecule has 4 heteroatoms. The monoisotopic (exact) mass is 191 g/mol. The number of benzene rings is 1. The maximum absolute atomic E-state index is 11.6. The summed E-state index contributed by atoms with van der Waals surface area (Å²) < 4.78 is 0. The standard InChI is InChI=1S/C10H9NO3/c1-6-3-4-7-8(5-6)10(13)11(14-2)9(7)12/h3-5H,1-2H3. The fraction of sp³-hybridized carbons (Fsp3) is 0.200. The minimum absolute atomic E-state index is 0.392. The summed E-state index contributed by atoms with van der Waals surface area (Å²) in [6, 6.07) is 5.13. The zero-order valence-electron chi connectivity index (χ0n) is 7.90. The SMILES string of the molecule is CON1C(=O)c2ccc(C)cc2C1=O. The minimum atomic E-state index is -0.396. The van der Waals surface area contributed by atoms with Crippen LogP contribution < -0.4 is 0 Å². The van der Waals surface area contributed by atoms with Gasteiger partial charge in [-0.2, -0.15) is 0 Å². The molecule has 14 heavy (non-hydrogen) atoms. The van der Waals surface area contributed by atoms with Gasteiger partial charge in [-0.05, 0) is 19.1 Å². The second-order valence-electron chi connectivity index (χ2n) is 3.14. The highest BCUT2D eigenvalue weighted by Gasteiger charge is 2.35. The van der Waals surface area contributed by atoms with Crippen molar-refractivity contribution >= 4 is 11.8 Å². The molecule has 1 aliphatic heterocycles. The number of carbonyl (C=O) groups excluding carboxylic acids is 2. The molecule has 4 nitrogen and oxygen atoms in total. The van der Waals surface area contributed by atoms with Crippen LogP contribution in [0.25, 0.3) is 0 Å². The van der Waals surface area contributed by atoms with Crippen molar-refractivity contribution in [3.63, 3.8) is 0 Å². The maximum atomic E-state index is 11.6. The molecule has 72 valence electrons. The van der Waals surface area contributed by atoms with E-state index in [9.17, 15) is 9.59 Å². The van der Waals surface area contributed by atoms with Gasteiger partial charge in [0.1, 0.15) is 0 Å². The quantitative estimate of drug-likeness (QED) is 0.625. The molecule has 0 spiro atoms. The first-order chi connectivity index (χ1) is 6.65. The van der Waals surface area contributed by atoms with E-state index >= 15 is 0 Å². The molecule has 0 aromatic heterocycles. The van der Waals surface area contributed by atoms with Crippen LogP contribution in [-0.4, -0.2) is 24.0 Å². The van der Waals surface area contributed by atoms with E-state index in [4.69, 9.17) is 4.84 Å². The number of aryl methyl sites for hydroxylation is 1. The summed E-state index contributed by atoms with van der Waals surface area (Å²) in [5, 5.41) is 0.768. The Morgan fingerprint density at radius 3 is 2.43 bits per heavy atom. The van der Waals surface area contributed by atoms with Gasteiger partial charge in [0.15, 0.2) is 0 Å². The Kier molecular flexibility index (Phi) is 1.86. The predicted octanol–water partition coefficient (Wildman–Crippen LogP) is 1.15. The van der Waals surface area contributed by atoms with Crippen LogP contribution in [0.5, 0.6) is 0 Å². The van der Waals surface area contributed by atoms with Crippen LogP contribution in [0.4, 0.5) is 0 Å². The number of amides is 2. The molecule has 0 N–H and O–H groups in total. The largest absolute Gasteiger partial charge is 0.285 e. The van der Waals surface area contributed by atoms with Crippen LogP contribution in [0.3, 0.4) is 0 Å². The second-order valence-corrected chi connectivity index (χ2v) is 3.14. The molecule has 1 aliphatic rings. The lowest BCUT2D eigenvalue weighted by Crippen LogP contribution is -2.28. The summed E-state index contributed by atoms with van der Waals surface area (Å²) in [7, 11) is 1.30. The van der Waals surface area contributed by atoms with Gasteiger partial charge in [-0.15, -0.1) is 5.06 Å². The average molecular weight is 191 g/mol. The Labute approximate surface area is 81.0 Å².